The average molecular weight is 447 g/mol. The molecule has 0 amide bonds. The molecule has 2 aliphatic carbocycles. The summed E-state index contributed by atoms with van der Waals surface area (Å²) in [5, 5.41) is 5.58. The topological polar surface area (TPSA) is 88.5 Å². The summed E-state index contributed by atoms with van der Waals surface area (Å²) in [6.07, 6.45) is -2.77. The maximum absolute atomic E-state index is 13.5. The second-order valence-corrected chi connectivity index (χ2v) is 7.79. The Morgan fingerprint density at radius 1 is 0.806 bits per heavy atom. The first-order valence-electron chi connectivity index (χ1n) is 9.75. The molecule has 0 aromatic carbocycles. The van der Waals surface area contributed by atoms with Gasteiger partial charge in [-0.3, -0.25) is 0 Å². The lowest BCUT2D eigenvalue weighted by Gasteiger charge is -2.16. The maximum atomic E-state index is 13.5. The van der Waals surface area contributed by atoms with Gasteiger partial charge in [0.1, 0.15) is 5.69 Å². The molecule has 0 saturated heterocycles. The summed E-state index contributed by atoms with van der Waals surface area (Å²) in [5.41, 5.74) is -0.541. The molecular weight excluding hydrogens is 428 g/mol. The molecule has 2 aromatic rings. The summed E-state index contributed by atoms with van der Waals surface area (Å²) < 4.78 is 80.1. The number of hydrogen-bond donors (Lipinski definition) is 2. The van der Waals surface area contributed by atoms with Crippen LogP contribution in [0, 0.1) is 0 Å². The van der Waals surface area contributed by atoms with Gasteiger partial charge in [-0.25, -0.2) is 36.3 Å². The van der Waals surface area contributed by atoms with Crippen molar-refractivity contribution in [1.82, 2.24) is 24.9 Å². The minimum absolute atomic E-state index is 0.0917. The average Bonchev–Trinajstić information content (AvgIpc) is 3.21. The van der Waals surface area contributed by atoms with Crippen LogP contribution in [0.15, 0.2) is 12.3 Å². The highest BCUT2D eigenvalue weighted by Gasteiger charge is 2.41. The zero-order valence-electron chi connectivity index (χ0n) is 16.1. The van der Waals surface area contributed by atoms with Gasteiger partial charge in [0.25, 0.3) is 6.43 Å². The van der Waals surface area contributed by atoms with Crippen LogP contribution in [0.2, 0.25) is 0 Å². The standard InChI is InChI=1S/C18H19F6N7/c19-12(20)11-3-6-25-13(28-11)14-29-15(26-9-1-4-17(21,22)7-9)31-16(30-14)27-10-2-5-18(23,24)8-10/h3,6,9-10,12H,1-2,4-5,7-8H2,(H2,26,27,29,30,31). The largest absolute Gasteiger partial charge is 0.351 e. The van der Waals surface area contributed by atoms with E-state index in [1.54, 1.807) is 0 Å². The molecule has 0 spiro atoms. The van der Waals surface area contributed by atoms with E-state index in [1.807, 2.05) is 0 Å². The third-order valence-corrected chi connectivity index (χ3v) is 5.21. The van der Waals surface area contributed by atoms with E-state index in [4.69, 9.17) is 0 Å². The van der Waals surface area contributed by atoms with Crippen LogP contribution in [0.4, 0.5) is 38.2 Å². The second kappa shape index (κ2) is 8.08. The van der Waals surface area contributed by atoms with E-state index >= 15 is 0 Å². The van der Waals surface area contributed by atoms with Crippen molar-refractivity contribution in [1.29, 1.82) is 0 Å². The Bertz CT molecular complexity index is 895. The molecule has 0 bridgehead atoms. The van der Waals surface area contributed by atoms with Crippen LogP contribution < -0.4 is 10.6 Å². The predicted molar refractivity (Wildman–Crippen MR) is 98.2 cm³/mol. The smallest absolute Gasteiger partial charge is 0.280 e. The SMILES string of the molecule is FC(F)c1ccnc(-c2nc(NC3CCC(F)(F)C3)nc(NC3CCC(F)(F)C3)n2)n1. The predicted octanol–water partition coefficient (Wildman–Crippen LogP) is 4.47. The fraction of sp³-hybridized carbons (Fsp3) is 0.611. The Morgan fingerprint density at radius 2 is 1.35 bits per heavy atom. The molecule has 4 rings (SSSR count). The third kappa shape index (κ3) is 5.31. The van der Waals surface area contributed by atoms with Gasteiger partial charge < -0.3 is 10.6 Å². The fourth-order valence-corrected chi connectivity index (χ4v) is 3.72. The lowest BCUT2D eigenvalue weighted by atomic mass is 10.2. The number of nitrogens with zero attached hydrogens (tertiary/aromatic N) is 5. The Morgan fingerprint density at radius 3 is 1.81 bits per heavy atom. The summed E-state index contributed by atoms with van der Waals surface area (Å²) in [4.78, 5) is 19.9. The van der Waals surface area contributed by atoms with E-state index < -0.39 is 48.9 Å². The van der Waals surface area contributed by atoms with Gasteiger partial charge in [-0.15, -0.1) is 0 Å². The van der Waals surface area contributed by atoms with Crippen molar-refractivity contribution in [3.63, 3.8) is 0 Å². The van der Waals surface area contributed by atoms with Gasteiger partial charge in [0.2, 0.25) is 29.6 Å². The summed E-state index contributed by atoms with van der Waals surface area (Å²) in [6.45, 7) is 0. The van der Waals surface area contributed by atoms with Gasteiger partial charge in [0, 0.05) is 44.0 Å². The Kier molecular flexibility index (Phi) is 5.60. The molecule has 2 N–H and O–H groups in total. The minimum atomic E-state index is -2.85. The van der Waals surface area contributed by atoms with Crippen molar-refractivity contribution in [2.75, 3.05) is 10.6 Å². The van der Waals surface area contributed by atoms with E-state index in [2.05, 4.69) is 35.6 Å². The van der Waals surface area contributed by atoms with Crippen LogP contribution in [-0.4, -0.2) is 48.8 Å². The first-order chi connectivity index (χ1) is 14.6. The molecule has 168 valence electrons. The number of halogens is 6. The molecule has 2 fully saturated rings. The Hall–Kier alpha value is -2.73. The van der Waals surface area contributed by atoms with Crippen molar-refractivity contribution in [2.24, 2.45) is 0 Å². The summed E-state index contributed by atoms with van der Waals surface area (Å²) in [6, 6.07) is -0.181. The highest BCUT2D eigenvalue weighted by molar-refractivity contribution is 5.50. The molecule has 0 radical (unpaired) electrons. The molecule has 2 heterocycles. The van der Waals surface area contributed by atoms with Gasteiger partial charge in [-0.05, 0) is 18.9 Å². The van der Waals surface area contributed by atoms with Gasteiger partial charge >= 0.3 is 0 Å². The molecule has 2 aromatic heterocycles. The summed E-state index contributed by atoms with van der Waals surface area (Å²) in [7, 11) is 0. The van der Waals surface area contributed by atoms with Crippen molar-refractivity contribution >= 4 is 11.9 Å². The lowest BCUT2D eigenvalue weighted by molar-refractivity contribution is 0.00781. The second-order valence-electron chi connectivity index (χ2n) is 7.79. The van der Waals surface area contributed by atoms with Crippen LogP contribution >= 0.6 is 0 Å². The Balaban J connectivity index is 1.62. The van der Waals surface area contributed by atoms with Crippen molar-refractivity contribution < 1.29 is 26.3 Å². The summed E-state index contributed by atoms with van der Waals surface area (Å²) in [5.74, 6) is -6.20. The van der Waals surface area contributed by atoms with Crippen LogP contribution in [0.3, 0.4) is 0 Å². The first kappa shape index (κ1) is 21.5. The molecule has 2 unspecified atom stereocenters. The van der Waals surface area contributed by atoms with Crippen molar-refractivity contribution in [3.05, 3.63) is 18.0 Å². The van der Waals surface area contributed by atoms with E-state index in [-0.39, 0.29) is 49.2 Å². The first-order valence-corrected chi connectivity index (χ1v) is 9.75. The van der Waals surface area contributed by atoms with Crippen LogP contribution in [0.1, 0.15) is 50.6 Å². The van der Waals surface area contributed by atoms with Crippen LogP contribution in [0.25, 0.3) is 11.6 Å². The van der Waals surface area contributed by atoms with E-state index in [9.17, 15) is 26.3 Å². The maximum Gasteiger partial charge on any atom is 0.280 e. The van der Waals surface area contributed by atoms with E-state index in [1.165, 1.54) is 0 Å². The lowest BCUT2D eigenvalue weighted by Crippen LogP contribution is -2.23. The molecule has 0 aliphatic heterocycles. The number of hydrogen-bond acceptors (Lipinski definition) is 7. The van der Waals surface area contributed by atoms with Crippen LogP contribution in [-0.2, 0) is 0 Å². The third-order valence-electron chi connectivity index (χ3n) is 5.21. The molecular formula is C18H19F6N7. The molecule has 7 nitrogen and oxygen atoms in total. The number of nitrogens with one attached hydrogen (secondary N) is 2. The molecule has 2 atom stereocenters. The quantitative estimate of drug-likeness (QED) is 0.632. The molecule has 2 saturated carbocycles. The minimum Gasteiger partial charge on any atom is -0.351 e. The zero-order chi connectivity index (χ0) is 22.2. The van der Waals surface area contributed by atoms with Crippen molar-refractivity contribution in [3.8, 4) is 11.6 Å². The van der Waals surface area contributed by atoms with E-state index in [0.29, 0.717) is 0 Å². The Labute approximate surface area is 173 Å². The zero-order valence-corrected chi connectivity index (χ0v) is 16.1. The van der Waals surface area contributed by atoms with Crippen molar-refractivity contribution in [2.45, 2.75) is 68.9 Å². The highest BCUT2D eigenvalue weighted by Crippen LogP contribution is 2.37. The number of alkyl halides is 6. The number of rotatable bonds is 6. The summed E-state index contributed by atoms with van der Waals surface area (Å²) >= 11 is 0. The van der Waals surface area contributed by atoms with Gasteiger partial charge in [0.05, 0.1) is 0 Å². The fourth-order valence-electron chi connectivity index (χ4n) is 3.72. The highest BCUT2D eigenvalue weighted by atomic mass is 19.3. The number of aromatic nitrogens is 5. The monoisotopic (exact) mass is 447 g/mol. The van der Waals surface area contributed by atoms with Crippen LogP contribution in [0.5, 0.6) is 0 Å². The molecule has 31 heavy (non-hydrogen) atoms. The molecule has 2 aliphatic rings. The normalized spacial score (nSPS) is 24.5. The van der Waals surface area contributed by atoms with E-state index in [0.717, 1.165) is 12.3 Å². The van der Waals surface area contributed by atoms with Gasteiger partial charge in [-0.2, -0.15) is 15.0 Å². The van der Waals surface area contributed by atoms with Gasteiger partial charge in [0.15, 0.2) is 5.82 Å². The molecule has 13 heteroatoms. The van der Waals surface area contributed by atoms with Gasteiger partial charge in [-0.1, -0.05) is 0 Å². The number of anilines is 2.